The Morgan fingerprint density at radius 3 is 2.48 bits per heavy atom. The maximum atomic E-state index is 4.38. The normalized spacial score (nSPS) is 12.2. The van der Waals surface area contributed by atoms with Gasteiger partial charge in [-0.25, -0.2) is 9.97 Å². The molecular weight excluding hydrogens is 258 g/mol. The first-order valence-electron chi connectivity index (χ1n) is 7.01. The van der Waals surface area contributed by atoms with Crippen LogP contribution in [0.2, 0.25) is 0 Å². The molecule has 0 atom stereocenters. The minimum atomic E-state index is 0.854. The lowest BCUT2D eigenvalue weighted by molar-refractivity contribution is 1.07. The predicted octanol–water partition coefficient (Wildman–Crippen LogP) is 4.24. The molecule has 1 aromatic heterocycles. The molecule has 3 rings (SSSR count). The van der Waals surface area contributed by atoms with Crippen LogP contribution in [0.15, 0.2) is 55.1 Å². The molecule has 2 aromatic rings. The molecule has 0 saturated heterocycles. The van der Waals surface area contributed by atoms with E-state index in [9.17, 15) is 0 Å². The summed E-state index contributed by atoms with van der Waals surface area (Å²) in [5, 5.41) is 0. The van der Waals surface area contributed by atoms with Gasteiger partial charge in [-0.05, 0) is 41.2 Å². The number of rotatable bonds is 5. The molecule has 1 aliphatic heterocycles. The Morgan fingerprint density at radius 2 is 1.71 bits per heavy atom. The van der Waals surface area contributed by atoms with Crippen molar-refractivity contribution in [3.05, 3.63) is 66.8 Å². The molecular formula is C18H17N3. The van der Waals surface area contributed by atoms with Crippen LogP contribution >= 0.6 is 0 Å². The molecule has 0 fully saturated rings. The maximum absolute atomic E-state index is 4.38. The van der Waals surface area contributed by atoms with E-state index in [1.807, 2.05) is 6.21 Å². The zero-order chi connectivity index (χ0) is 14.7. The Bertz CT molecular complexity index is 714. The topological polar surface area (TPSA) is 38.1 Å². The second kappa shape index (κ2) is 5.83. The van der Waals surface area contributed by atoms with Crippen LogP contribution in [0.5, 0.6) is 0 Å². The molecule has 3 nitrogen and oxygen atoms in total. The van der Waals surface area contributed by atoms with Gasteiger partial charge in [-0.3, -0.25) is 4.99 Å². The second-order valence-electron chi connectivity index (χ2n) is 5.19. The van der Waals surface area contributed by atoms with E-state index in [1.165, 1.54) is 11.9 Å². The second-order valence-corrected chi connectivity index (χ2v) is 5.19. The van der Waals surface area contributed by atoms with Crippen LogP contribution < -0.4 is 0 Å². The number of aromatic nitrogens is 2. The third kappa shape index (κ3) is 2.97. The van der Waals surface area contributed by atoms with Crippen molar-refractivity contribution in [1.82, 2.24) is 9.97 Å². The molecule has 104 valence electrons. The largest absolute Gasteiger partial charge is 0.261 e. The van der Waals surface area contributed by atoms with Crippen LogP contribution in [0.4, 0.5) is 5.69 Å². The third-order valence-corrected chi connectivity index (χ3v) is 3.73. The predicted molar refractivity (Wildman–Crippen MR) is 87.6 cm³/mol. The van der Waals surface area contributed by atoms with Gasteiger partial charge in [-0.2, -0.15) is 0 Å². The van der Waals surface area contributed by atoms with Gasteiger partial charge in [0.05, 0.1) is 5.69 Å². The molecule has 2 heterocycles. The van der Waals surface area contributed by atoms with Gasteiger partial charge in [-0.15, -0.1) is 0 Å². The summed E-state index contributed by atoms with van der Waals surface area (Å²) in [4.78, 5) is 12.4. The SMILES string of the molecule is C=C(CCC(=C)c1ccc2c(c1)N=CC2)c1cncnc1. The van der Waals surface area contributed by atoms with E-state index >= 15 is 0 Å². The van der Waals surface area contributed by atoms with Gasteiger partial charge >= 0.3 is 0 Å². The summed E-state index contributed by atoms with van der Waals surface area (Å²) in [5.74, 6) is 0. The van der Waals surface area contributed by atoms with E-state index in [4.69, 9.17) is 0 Å². The van der Waals surface area contributed by atoms with Crippen LogP contribution in [0.1, 0.15) is 29.5 Å². The summed E-state index contributed by atoms with van der Waals surface area (Å²) in [6, 6.07) is 6.39. The Hall–Kier alpha value is -2.55. The number of allylic oxidation sites excluding steroid dienone is 2. The lowest BCUT2D eigenvalue weighted by Gasteiger charge is -2.09. The lowest BCUT2D eigenvalue weighted by Crippen LogP contribution is -1.89. The minimum absolute atomic E-state index is 0.854. The van der Waals surface area contributed by atoms with E-state index in [-0.39, 0.29) is 0 Å². The maximum Gasteiger partial charge on any atom is 0.115 e. The molecule has 0 bridgehead atoms. The monoisotopic (exact) mass is 275 g/mol. The number of benzene rings is 1. The van der Waals surface area contributed by atoms with Crippen LogP contribution in [0, 0.1) is 0 Å². The van der Waals surface area contributed by atoms with E-state index < -0.39 is 0 Å². The zero-order valence-electron chi connectivity index (χ0n) is 11.9. The first kappa shape index (κ1) is 13.4. The van der Waals surface area contributed by atoms with Crippen molar-refractivity contribution in [3.63, 3.8) is 0 Å². The smallest absolute Gasteiger partial charge is 0.115 e. The molecule has 0 N–H and O–H groups in total. The van der Waals surface area contributed by atoms with Crippen molar-refractivity contribution in [1.29, 1.82) is 0 Å². The summed E-state index contributed by atoms with van der Waals surface area (Å²) in [5.41, 5.74) is 6.66. The molecule has 0 radical (unpaired) electrons. The Balaban J connectivity index is 1.64. The van der Waals surface area contributed by atoms with Crippen molar-refractivity contribution in [2.24, 2.45) is 4.99 Å². The average Bonchev–Trinajstić information content (AvgIpc) is 3.00. The Labute approximate surface area is 124 Å². The Kier molecular flexibility index (Phi) is 3.73. The number of aliphatic imine (C=N–C) groups is 1. The van der Waals surface area contributed by atoms with Gasteiger partial charge in [0, 0.05) is 30.6 Å². The molecule has 0 aliphatic carbocycles. The molecule has 0 amide bonds. The van der Waals surface area contributed by atoms with E-state index in [2.05, 4.69) is 46.3 Å². The molecule has 0 saturated carbocycles. The summed E-state index contributed by atoms with van der Waals surface area (Å²) in [6.45, 7) is 8.30. The van der Waals surface area contributed by atoms with E-state index in [0.717, 1.165) is 47.2 Å². The molecule has 0 spiro atoms. The zero-order valence-corrected chi connectivity index (χ0v) is 11.9. The molecule has 3 heteroatoms. The molecule has 21 heavy (non-hydrogen) atoms. The highest BCUT2D eigenvalue weighted by Gasteiger charge is 2.09. The minimum Gasteiger partial charge on any atom is -0.261 e. The van der Waals surface area contributed by atoms with Crippen molar-refractivity contribution in [3.8, 4) is 0 Å². The first-order chi connectivity index (χ1) is 10.2. The molecule has 1 aromatic carbocycles. The van der Waals surface area contributed by atoms with Crippen molar-refractivity contribution >= 4 is 23.0 Å². The summed E-state index contributed by atoms with van der Waals surface area (Å²) >= 11 is 0. The summed E-state index contributed by atoms with van der Waals surface area (Å²) < 4.78 is 0. The van der Waals surface area contributed by atoms with Gasteiger partial charge in [0.1, 0.15) is 6.33 Å². The fourth-order valence-electron chi connectivity index (χ4n) is 2.39. The molecule has 0 unspecified atom stereocenters. The number of hydrogen-bond acceptors (Lipinski definition) is 3. The standard InChI is InChI=1S/C18H17N3/c1-13(3-4-14(2)17-10-19-12-20-11-17)16-6-5-15-7-8-21-18(15)9-16/h5-6,8-12H,1-4,7H2. The van der Waals surface area contributed by atoms with Crippen LogP contribution in [-0.2, 0) is 6.42 Å². The van der Waals surface area contributed by atoms with Crippen molar-refractivity contribution in [2.45, 2.75) is 19.3 Å². The van der Waals surface area contributed by atoms with Gasteiger partial charge in [0.25, 0.3) is 0 Å². The van der Waals surface area contributed by atoms with Gasteiger partial charge < -0.3 is 0 Å². The van der Waals surface area contributed by atoms with Crippen LogP contribution in [0.3, 0.4) is 0 Å². The number of hydrogen-bond donors (Lipinski definition) is 0. The highest BCUT2D eigenvalue weighted by atomic mass is 14.8. The van der Waals surface area contributed by atoms with Crippen LogP contribution in [-0.4, -0.2) is 16.2 Å². The third-order valence-electron chi connectivity index (χ3n) is 3.73. The van der Waals surface area contributed by atoms with Crippen molar-refractivity contribution in [2.75, 3.05) is 0 Å². The first-order valence-corrected chi connectivity index (χ1v) is 7.01. The summed E-state index contributed by atoms with van der Waals surface area (Å²) in [7, 11) is 0. The fourth-order valence-corrected chi connectivity index (χ4v) is 2.39. The fraction of sp³-hybridized carbons (Fsp3) is 0.167. The van der Waals surface area contributed by atoms with Crippen LogP contribution in [0.25, 0.3) is 11.1 Å². The van der Waals surface area contributed by atoms with Crippen molar-refractivity contribution < 1.29 is 0 Å². The number of fused-ring (bicyclic) bond motifs is 1. The highest BCUT2D eigenvalue weighted by Crippen LogP contribution is 2.30. The van der Waals surface area contributed by atoms with E-state index in [0.29, 0.717) is 0 Å². The molecule has 1 aliphatic rings. The average molecular weight is 275 g/mol. The van der Waals surface area contributed by atoms with Gasteiger partial charge in [0.15, 0.2) is 0 Å². The van der Waals surface area contributed by atoms with E-state index in [1.54, 1.807) is 12.4 Å². The highest BCUT2D eigenvalue weighted by molar-refractivity contribution is 5.79. The quantitative estimate of drug-likeness (QED) is 0.818. The van der Waals surface area contributed by atoms with Gasteiger partial charge in [-0.1, -0.05) is 25.3 Å². The Morgan fingerprint density at radius 1 is 1.00 bits per heavy atom. The lowest BCUT2D eigenvalue weighted by atomic mass is 9.97. The number of nitrogens with zero attached hydrogens (tertiary/aromatic N) is 3. The van der Waals surface area contributed by atoms with Gasteiger partial charge in [0.2, 0.25) is 0 Å². The summed E-state index contributed by atoms with van der Waals surface area (Å²) in [6.07, 6.45) is 9.73.